The molecular weight excluding hydrogens is 428 g/mol. The summed E-state index contributed by atoms with van der Waals surface area (Å²) < 4.78 is 2.55. The van der Waals surface area contributed by atoms with E-state index in [2.05, 4.69) is 10.4 Å². The van der Waals surface area contributed by atoms with Gasteiger partial charge in [-0.3, -0.25) is 23.7 Å². The fraction of sp³-hybridized carbons (Fsp3) is 0.500. The number of nitrogens with zero attached hydrogens (tertiary/aromatic N) is 4. The molecule has 11 heteroatoms. The highest BCUT2D eigenvalue weighted by molar-refractivity contribution is 5.97. The maximum Gasteiger partial charge on any atom is 0.291 e. The first-order chi connectivity index (χ1) is 15.7. The second-order valence-electron chi connectivity index (χ2n) is 9.10. The number of carbonyl (C=O) groups excluding carboxylic acids is 3. The predicted octanol–water partition coefficient (Wildman–Crippen LogP) is 0.0968. The number of hydrogen-bond donors (Lipinski definition) is 3. The molecule has 0 bridgehead atoms. The molecule has 2 fully saturated rings. The number of nitrogens with two attached hydrogens (primary N) is 1. The molecule has 1 aliphatic carbocycles. The molecule has 176 valence electrons. The highest BCUT2D eigenvalue weighted by Crippen LogP contribution is 2.25. The maximum absolute atomic E-state index is 13.0. The van der Waals surface area contributed by atoms with Gasteiger partial charge in [-0.25, -0.2) is 0 Å². The summed E-state index contributed by atoms with van der Waals surface area (Å²) in [6.45, 7) is 4.91. The summed E-state index contributed by atoms with van der Waals surface area (Å²) in [5.74, 6) is -2.03. The lowest BCUT2D eigenvalue weighted by Gasteiger charge is -2.17. The monoisotopic (exact) mass is 456 g/mol. The third kappa shape index (κ3) is 4.48. The summed E-state index contributed by atoms with van der Waals surface area (Å²) in [6, 6.07) is 0.0208. The fourth-order valence-electron chi connectivity index (χ4n) is 4.01. The standard InChI is InChI=1S/C22H28N6O5/c1-12(2)10-27-20-13(3-6-16(29)26-8-7-14(11-26)18(23)30)9-24-28(20)22(33)17(21(27)32)19(31)25-15-4-5-15/h3,6,9,12,14-15,32H,4-5,7-8,10-11H2,1-2H3,(H2,23,30)(H,25,31)/b6-3+/t14-/m1/s1. The van der Waals surface area contributed by atoms with Gasteiger partial charge in [0.25, 0.3) is 11.5 Å². The minimum absolute atomic E-state index is 0.0208. The molecule has 1 saturated carbocycles. The highest BCUT2D eigenvalue weighted by Gasteiger charge is 2.30. The van der Waals surface area contributed by atoms with Crippen molar-refractivity contribution in [3.05, 3.63) is 33.8 Å². The zero-order valence-corrected chi connectivity index (χ0v) is 18.7. The van der Waals surface area contributed by atoms with Gasteiger partial charge in [0.15, 0.2) is 5.56 Å². The highest BCUT2D eigenvalue weighted by atomic mass is 16.3. The van der Waals surface area contributed by atoms with Crippen molar-refractivity contribution in [2.45, 2.75) is 45.7 Å². The normalized spacial score (nSPS) is 18.5. The number of fused-ring (bicyclic) bond motifs is 1. The van der Waals surface area contributed by atoms with Gasteiger partial charge in [-0.2, -0.15) is 9.61 Å². The van der Waals surface area contributed by atoms with Crippen molar-refractivity contribution in [1.29, 1.82) is 0 Å². The molecule has 1 atom stereocenters. The summed E-state index contributed by atoms with van der Waals surface area (Å²) in [6.07, 6.45) is 6.49. The molecule has 4 rings (SSSR count). The van der Waals surface area contributed by atoms with Crippen LogP contribution in [0.5, 0.6) is 5.88 Å². The zero-order chi connectivity index (χ0) is 23.9. The van der Waals surface area contributed by atoms with Crippen LogP contribution >= 0.6 is 0 Å². The predicted molar refractivity (Wildman–Crippen MR) is 119 cm³/mol. The Kier molecular flexibility index (Phi) is 5.96. The van der Waals surface area contributed by atoms with Crippen LogP contribution in [0.3, 0.4) is 0 Å². The molecule has 33 heavy (non-hydrogen) atoms. The number of amides is 3. The van der Waals surface area contributed by atoms with E-state index in [1.54, 1.807) is 0 Å². The molecule has 3 heterocycles. The minimum atomic E-state index is -0.726. The Morgan fingerprint density at radius 2 is 2.03 bits per heavy atom. The molecule has 11 nitrogen and oxygen atoms in total. The van der Waals surface area contributed by atoms with Gasteiger partial charge < -0.3 is 21.1 Å². The van der Waals surface area contributed by atoms with E-state index >= 15 is 0 Å². The van der Waals surface area contributed by atoms with Crippen LogP contribution in [0.4, 0.5) is 0 Å². The van der Waals surface area contributed by atoms with Gasteiger partial charge in [-0.15, -0.1) is 0 Å². The topological polar surface area (TPSA) is 152 Å². The summed E-state index contributed by atoms with van der Waals surface area (Å²) in [5, 5.41) is 17.8. The lowest BCUT2D eigenvalue weighted by molar-refractivity contribution is -0.125. The van der Waals surface area contributed by atoms with Crippen molar-refractivity contribution < 1.29 is 19.5 Å². The second-order valence-corrected chi connectivity index (χ2v) is 9.10. The number of primary amides is 1. The van der Waals surface area contributed by atoms with Crippen LogP contribution in [0.1, 0.15) is 49.0 Å². The molecule has 2 aromatic heterocycles. The van der Waals surface area contributed by atoms with E-state index in [0.29, 0.717) is 25.1 Å². The van der Waals surface area contributed by atoms with Crippen LogP contribution in [0.2, 0.25) is 0 Å². The largest absolute Gasteiger partial charge is 0.494 e. The third-order valence-electron chi connectivity index (χ3n) is 5.91. The lowest BCUT2D eigenvalue weighted by atomic mass is 10.1. The molecule has 0 aromatic carbocycles. The van der Waals surface area contributed by atoms with Crippen LogP contribution in [-0.4, -0.2) is 61.0 Å². The first kappa shape index (κ1) is 22.6. The number of nitrogens with one attached hydrogen (secondary N) is 1. The van der Waals surface area contributed by atoms with Gasteiger partial charge in [0.05, 0.1) is 12.1 Å². The first-order valence-electron chi connectivity index (χ1n) is 11.1. The summed E-state index contributed by atoms with van der Waals surface area (Å²) >= 11 is 0. The zero-order valence-electron chi connectivity index (χ0n) is 18.7. The molecule has 1 saturated heterocycles. The van der Waals surface area contributed by atoms with Gasteiger partial charge >= 0.3 is 0 Å². The first-order valence-corrected chi connectivity index (χ1v) is 11.1. The molecule has 1 aliphatic heterocycles. The van der Waals surface area contributed by atoms with E-state index in [4.69, 9.17) is 5.73 Å². The van der Waals surface area contributed by atoms with E-state index in [0.717, 1.165) is 17.4 Å². The number of hydrogen-bond acceptors (Lipinski definition) is 6. The van der Waals surface area contributed by atoms with E-state index < -0.39 is 23.3 Å². The smallest absolute Gasteiger partial charge is 0.291 e. The Hall–Kier alpha value is -3.63. The van der Waals surface area contributed by atoms with Gasteiger partial charge in [-0.05, 0) is 31.3 Å². The Morgan fingerprint density at radius 1 is 1.30 bits per heavy atom. The molecule has 4 N–H and O–H groups in total. The van der Waals surface area contributed by atoms with Crippen molar-refractivity contribution >= 4 is 29.4 Å². The molecule has 0 radical (unpaired) electrons. The molecule has 0 spiro atoms. The van der Waals surface area contributed by atoms with E-state index in [-0.39, 0.29) is 41.5 Å². The SMILES string of the molecule is CC(C)Cn1c(O)c(C(=O)NC2CC2)c(=O)n2ncc(/C=C/C(=O)N3CC[C@@H](C(N)=O)C3)c12. The Morgan fingerprint density at radius 3 is 2.64 bits per heavy atom. The second kappa shape index (κ2) is 8.72. The number of carbonyl (C=O) groups is 3. The number of aromatic nitrogens is 3. The summed E-state index contributed by atoms with van der Waals surface area (Å²) in [5.41, 5.74) is 4.98. The molecular formula is C22H28N6O5. The third-order valence-corrected chi connectivity index (χ3v) is 5.91. The van der Waals surface area contributed by atoms with Gasteiger partial charge in [-0.1, -0.05) is 13.8 Å². The average Bonchev–Trinajstić information content (AvgIpc) is 3.26. The van der Waals surface area contributed by atoms with Crippen LogP contribution in [0, 0.1) is 11.8 Å². The van der Waals surface area contributed by atoms with Crippen LogP contribution in [-0.2, 0) is 16.1 Å². The molecule has 2 aliphatic rings. The van der Waals surface area contributed by atoms with Gasteiger partial charge in [0.2, 0.25) is 17.7 Å². The Bertz CT molecular complexity index is 1210. The average molecular weight is 457 g/mol. The van der Waals surface area contributed by atoms with Crippen molar-refractivity contribution in [3.63, 3.8) is 0 Å². The molecule has 2 aromatic rings. The number of likely N-dealkylation sites (tertiary alicyclic amines) is 1. The minimum Gasteiger partial charge on any atom is -0.494 e. The molecule has 3 amide bonds. The maximum atomic E-state index is 13.0. The Balaban J connectivity index is 1.70. The van der Waals surface area contributed by atoms with E-state index in [1.807, 2.05) is 13.8 Å². The van der Waals surface area contributed by atoms with Crippen LogP contribution in [0.25, 0.3) is 11.7 Å². The Labute approximate surface area is 189 Å². The van der Waals surface area contributed by atoms with E-state index in [9.17, 15) is 24.3 Å². The van der Waals surface area contributed by atoms with Crippen molar-refractivity contribution in [1.82, 2.24) is 24.4 Å². The number of rotatable bonds is 7. The van der Waals surface area contributed by atoms with Gasteiger partial charge in [0.1, 0.15) is 5.65 Å². The summed E-state index contributed by atoms with van der Waals surface area (Å²) in [7, 11) is 0. The summed E-state index contributed by atoms with van der Waals surface area (Å²) in [4.78, 5) is 51.1. The quantitative estimate of drug-likeness (QED) is 0.503. The van der Waals surface area contributed by atoms with Gasteiger partial charge in [0, 0.05) is 37.3 Å². The van der Waals surface area contributed by atoms with Crippen LogP contribution in [0.15, 0.2) is 17.1 Å². The van der Waals surface area contributed by atoms with Crippen molar-refractivity contribution in [3.8, 4) is 5.88 Å². The van der Waals surface area contributed by atoms with Crippen molar-refractivity contribution in [2.24, 2.45) is 17.6 Å². The molecule has 0 unspecified atom stereocenters. The van der Waals surface area contributed by atoms with Crippen molar-refractivity contribution in [2.75, 3.05) is 13.1 Å². The van der Waals surface area contributed by atoms with Crippen LogP contribution < -0.4 is 16.6 Å². The van der Waals surface area contributed by atoms with E-state index in [1.165, 1.54) is 27.8 Å². The lowest BCUT2D eigenvalue weighted by Crippen LogP contribution is -2.34. The number of aromatic hydroxyl groups is 1. The fourth-order valence-corrected chi connectivity index (χ4v) is 4.01.